The molecule has 0 spiro atoms. The van der Waals surface area contributed by atoms with E-state index in [1.54, 1.807) is 36.4 Å². The van der Waals surface area contributed by atoms with Crippen molar-refractivity contribution in [2.75, 3.05) is 11.9 Å². The molecule has 0 bridgehead atoms. The Hall–Kier alpha value is -2.91. The Labute approximate surface area is 156 Å². The second kappa shape index (κ2) is 8.45. The molecule has 0 saturated heterocycles. The van der Waals surface area contributed by atoms with Crippen molar-refractivity contribution in [3.63, 3.8) is 0 Å². The molecule has 0 aliphatic heterocycles. The van der Waals surface area contributed by atoms with Gasteiger partial charge < -0.3 is 18.9 Å². The Kier molecular flexibility index (Phi) is 5.82. The van der Waals surface area contributed by atoms with Gasteiger partial charge in [0.25, 0.3) is 5.89 Å². The molecule has 3 rings (SSSR count). The van der Waals surface area contributed by atoms with Gasteiger partial charge in [0.15, 0.2) is 5.76 Å². The maximum absolute atomic E-state index is 9.20. The van der Waals surface area contributed by atoms with Gasteiger partial charge in [0.2, 0.25) is 11.6 Å². The summed E-state index contributed by atoms with van der Waals surface area (Å²) < 4.78 is 17.0. The molecule has 1 N–H and O–H groups in total. The first-order valence-corrected chi connectivity index (χ1v) is 8.69. The molecule has 0 aliphatic carbocycles. The smallest absolute Gasteiger partial charge is 0.266 e. The normalized spacial score (nSPS) is 10.5. The van der Waals surface area contributed by atoms with Gasteiger partial charge in [0.05, 0.1) is 0 Å². The predicted octanol–water partition coefficient (Wildman–Crippen LogP) is 5.25. The summed E-state index contributed by atoms with van der Waals surface area (Å²) in [5.74, 6) is 2.38. The number of anilines is 1. The highest BCUT2D eigenvalue weighted by Gasteiger charge is 2.17. The monoisotopic (exact) mass is 371 g/mol. The number of nitrogens with one attached hydrogen (secondary N) is 1. The van der Waals surface area contributed by atoms with E-state index in [2.05, 4.69) is 17.2 Å². The molecule has 0 saturated carbocycles. The van der Waals surface area contributed by atoms with Crippen molar-refractivity contribution in [3.8, 4) is 23.5 Å². The number of rotatable bonds is 8. The van der Waals surface area contributed by atoms with E-state index >= 15 is 0 Å². The van der Waals surface area contributed by atoms with Gasteiger partial charge in [-0.1, -0.05) is 24.9 Å². The van der Waals surface area contributed by atoms with Crippen molar-refractivity contribution in [2.45, 2.75) is 26.4 Å². The van der Waals surface area contributed by atoms with Gasteiger partial charge in [0.1, 0.15) is 24.2 Å². The summed E-state index contributed by atoms with van der Waals surface area (Å²) >= 11 is 5.85. The Morgan fingerprint density at radius 1 is 1.19 bits per heavy atom. The first-order chi connectivity index (χ1) is 12.7. The van der Waals surface area contributed by atoms with Crippen LogP contribution in [-0.2, 0) is 6.61 Å². The highest BCUT2D eigenvalue weighted by Crippen LogP contribution is 2.27. The van der Waals surface area contributed by atoms with E-state index < -0.39 is 0 Å². The van der Waals surface area contributed by atoms with E-state index in [0.29, 0.717) is 28.2 Å². The third-order valence-corrected chi connectivity index (χ3v) is 3.87. The predicted molar refractivity (Wildman–Crippen MR) is 98.1 cm³/mol. The number of ether oxygens (including phenoxy) is 1. The lowest BCUT2D eigenvalue weighted by atomic mass is 10.3. The number of hydrogen-bond donors (Lipinski definition) is 1. The third kappa shape index (κ3) is 4.38. The van der Waals surface area contributed by atoms with Crippen molar-refractivity contribution in [1.82, 2.24) is 4.98 Å². The van der Waals surface area contributed by atoms with E-state index in [1.165, 1.54) is 0 Å². The minimum atomic E-state index is 0.214. The lowest BCUT2D eigenvalue weighted by Crippen LogP contribution is -2.00. The molecule has 0 radical (unpaired) electrons. The van der Waals surface area contributed by atoms with Crippen LogP contribution in [0.3, 0.4) is 0 Å². The molecule has 7 heteroatoms. The Morgan fingerprint density at radius 2 is 2.00 bits per heavy atom. The number of furan rings is 1. The van der Waals surface area contributed by atoms with Crippen molar-refractivity contribution >= 4 is 17.5 Å². The van der Waals surface area contributed by atoms with Crippen molar-refractivity contribution in [3.05, 3.63) is 52.9 Å². The van der Waals surface area contributed by atoms with E-state index in [4.69, 9.17) is 25.2 Å². The highest BCUT2D eigenvalue weighted by atomic mass is 35.5. The van der Waals surface area contributed by atoms with Crippen LogP contribution in [0.5, 0.6) is 5.75 Å². The van der Waals surface area contributed by atoms with E-state index in [-0.39, 0.29) is 18.2 Å². The summed E-state index contributed by atoms with van der Waals surface area (Å²) in [6.45, 7) is 3.07. The average Bonchev–Trinajstić information content (AvgIpc) is 3.28. The minimum Gasteiger partial charge on any atom is -0.486 e. The van der Waals surface area contributed by atoms with Gasteiger partial charge in [-0.2, -0.15) is 10.2 Å². The molecule has 1 aromatic carbocycles. The molecule has 26 heavy (non-hydrogen) atoms. The van der Waals surface area contributed by atoms with Gasteiger partial charge >= 0.3 is 0 Å². The quantitative estimate of drug-likeness (QED) is 0.544. The van der Waals surface area contributed by atoms with Crippen LogP contribution in [0.4, 0.5) is 5.88 Å². The zero-order valence-electron chi connectivity index (χ0n) is 14.3. The molecule has 134 valence electrons. The number of nitrogens with zero attached hydrogens (tertiary/aromatic N) is 2. The molecular weight excluding hydrogens is 354 g/mol. The maximum Gasteiger partial charge on any atom is 0.266 e. The number of hydrogen-bond acceptors (Lipinski definition) is 6. The van der Waals surface area contributed by atoms with Crippen LogP contribution < -0.4 is 10.1 Å². The summed E-state index contributed by atoms with van der Waals surface area (Å²) in [4.78, 5) is 4.18. The fraction of sp³-hybridized carbons (Fsp3) is 0.263. The molecule has 0 atom stereocenters. The van der Waals surface area contributed by atoms with Gasteiger partial charge in [-0.05, 0) is 42.8 Å². The van der Waals surface area contributed by atoms with Crippen LogP contribution >= 0.6 is 11.6 Å². The number of unbranched alkanes of at least 4 members (excludes halogenated alkanes) is 1. The van der Waals surface area contributed by atoms with Crippen LogP contribution in [0.25, 0.3) is 11.7 Å². The first-order valence-electron chi connectivity index (χ1n) is 8.32. The molecule has 0 aliphatic rings. The van der Waals surface area contributed by atoms with Crippen LogP contribution in [0.2, 0.25) is 5.02 Å². The largest absolute Gasteiger partial charge is 0.486 e. The average molecular weight is 372 g/mol. The van der Waals surface area contributed by atoms with Crippen LogP contribution in [0.15, 0.2) is 45.2 Å². The number of benzene rings is 1. The van der Waals surface area contributed by atoms with Gasteiger partial charge in [0, 0.05) is 11.6 Å². The Bertz CT molecular complexity index is 894. The molecule has 0 amide bonds. The van der Waals surface area contributed by atoms with Crippen molar-refractivity contribution in [2.24, 2.45) is 0 Å². The molecule has 2 heterocycles. The van der Waals surface area contributed by atoms with E-state index in [9.17, 15) is 5.26 Å². The lowest BCUT2D eigenvalue weighted by molar-refractivity contribution is 0.271. The topological polar surface area (TPSA) is 84.2 Å². The molecule has 2 aromatic heterocycles. The minimum absolute atomic E-state index is 0.214. The van der Waals surface area contributed by atoms with Crippen LogP contribution in [0, 0.1) is 11.3 Å². The Balaban J connectivity index is 1.67. The van der Waals surface area contributed by atoms with E-state index in [1.807, 2.05) is 6.07 Å². The molecule has 0 unspecified atom stereocenters. The van der Waals surface area contributed by atoms with Gasteiger partial charge in [-0.25, -0.2) is 0 Å². The zero-order valence-corrected chi connectivity index (χ0v) is 15.0. The molecular formula is C19H18ClN3O3. The molecule has 6 nitrogen and oxygen atoms in total. The summed E-state index contributed by atoms with van der Waals surface area (Å²) in [7, 11) is 0. The third-order valence-electron chi connectivity index (χ3n) is 3.62. The SMILES string of the molecule is CCCCNc1oc(-c2ccc(COc3ccc(Cl)cc3)o2)nc1C#N. The Morgan fingerprint density at radius 3 is 2.73 bits per heavy atom. The summed E-state index contributed by atoms with van der Waals surface area (Å²) in [5, 5.41) is 12.9. The highest BCUT2D eigenvalue weighted by molar-refractivity contribution is 6.30. The second-order valence-corrected chi connectivity index (χ2v) is 6.03. The van der Waals surface area contributed by atoms with E-state index in [0.717, 1.165) is 19.4 Å². The zero-order chi connectivity index (χ0) is 18.4. The lowest BCUT2D eigenvalue weighted by Gasteiger charge is -2.03. The summed E-state index contributed by atoms with van der Waals surface area (Å²) in [5.41, 5.74) is 0.214. The summed E-state index contributed by atoms with van der Waals surface area (Å²) in [6.07, 6.45) is 2.03. The van der Waals surface area contributed by atoms with Crippen molar-refractivity contribution in [1.29, 1.82) is 5.26 Å². The maximum atomic E-state index is 9.20. The fourth-order valence-corrected chi connectivity index (χ4v) is 2.38. The van der Waals surface area contributed by atoms with Crippen molar-refractivity contribution < 1.29 is 13.6 Å². The fourth-order valence-electron chi connectivity index (χ4n) is 2.26. The molecule has 3 aromatic rings. The number of aromatic nitrogens is 1. The number of oxazole rings is 1. The van der Waals surface area contributed by atoms with Gasteiger partial charge in [-0.3, -0.25) is 0 Å². The standard InChI is InChI=1S/C19H18ClN3O3/c1-2-3-10-22-18-16(11-21)23-19(26-18)17-9-8-15(25-17)12-24-14-6-4-13(20)5-7-14/h4-9,22H,2-3,10,12H2,1H3. The second-order valence-electron chi connectivity index (χ2n) is 5.60. The van der Waals surface area contributed by atoms with Crippen LogP contribution in [0.1, 0.15) is 31.2 Å². The first kappa shape index (κ1) is 17.9. The van der Waals surface area contributed by atoms with Crippen LogP contribution in [-0.4, -0.2) is 11.5 Å². The molecule has 0 fully saturated rings. The summed E-state index contributed by atoms with van der Waals surface area (Å²) in [6, 6.07) is 12.6. The number of nitriles is 1. The number of halogens is 1. The van der Waals surface area contributed by atoms with Gasteiger partial charge in [-0.15, -0.1) is 0 Å².